The molecule has 4 fully saturated rings. The standard InChI is InChI=1S/C31H41F3N6O4S/c1-20-28(30(41)38-12-10-25(11-13-38)39-15-22-17-40(45(2,42)43)18-23(22)16-39)36-19-37-29(20)35-14-26-4-3-5-27(44-26)21-6-8-24(9-7-21)31(32,33)34/h6-9,19,22-23,25-27H,3-5,10-18H2,1-2H3,(H,35,36,37). The van der Waals surface area contributed by atoms with Crippen LogP contribution in [0.4, 0.5) is 19.0 Å². The zero-order valence-electron chi connectivity index (χ0n) is 25.7. The zero-order chi connectivity index (χ0) is 31.9. The minimum absolute atomic E-state index is 0.116. The lowest BCUT2D eigenvalue weighted by molar-refractivity contribution is -0.137. The summed E-state index contributed by atoms with van der Waals surface area (Å²) in [4.78, 5) is 26.6. The average Bonchev–Trinajstić information content (AvgIpc) is 3.61. The Morgan fingerprint density at radius 1 is 1.00 bits per heavy atom. The van der Waals surface area contributed by atoms with E-state index in [1.807, 2.05) is 11.8 Å². The largest absolute Gasteiger partial charge is 0.416 e. The third kappa shape index (κ3) is 7.13. The number of likely N-dealkylation sites (tertiary alicyclic amines) is 2. The van der Waals surface area contributed by atoms with Crippen LogP contribution in [0.15, 0.2) is 30.6 Å². The van der Waals surface area contributed by atoms with Gasteiger partial charge < -0.3 is 15.0 Å². The van der Waals surface area contributed by atoms with Crippen molar-refractivity contribution in [2.75, 3.05) is 57.4 Å². The quantitative estimate of drug-likeness (QED) is 0.480. The first-order valence-corrected chi connectivity index (χ1v) is 17.6. The fraction of sp³-hybridized carbons (Fsp3) is 0.645. The average molecular weight is 651 g/mol. The number of benzene rings is 1. The van der Waals surface area contributed by atoms with E-state index >= 15 is 0 Å². The number of ether oxygens (including phenoxy) is 1. The highest BCUT2D eigenvalue weighted by Gasteiger charge is 2.45. The van der Waals surface area contributed by atoms with Crippen molar-refractivity contribution in [3.63, 3.8) is 0 Å². The highest BCUT2D eigenvalue weighted by atomic mass is 32.2. The minimum atomic E-state index is -4.37. The van der Waals surface area contributed by atoms with Crippen LogP contribution in [0.3, 0.4) is 0 Å². The molecule has 246 valence electrons. The van der Waals surface area contributed by atoms with Crippen molar-refractivity contribution in [2.45, 2.75) is 63.5 Å². The van der Waals surface area contributed by atoms with Crippen molar-refractivity contribution in [1.82, 2.24) is 24.1 Å². The summed E-state index contributed by atoms with van der Waals surface area (Å²) in [6.07, 6.45) is 2.05. The Kier molecular flexibility index (Phi) is 9.12. The minimum Gasteiger partial charge on any atom is -0.368 e. The van der Waals surface area contributed by atoms with Crippen LogP contribution >= 0.6 is 0 Å². The predicted octanol–water partition coefficient (Wildman–Crippen LogP) is 3.95. The maximum atomic E-state index is 13.5. The maximum absolute atomic E-state index is 13.5. The SMILES string of the molecule is Cc1c(NCC2CCCC(c3ccc(C(F)(F)F)cc3)O2)ncnc1C(=O)N1CCC(N2CC3CN(S(C)(=O)=O)CC3C2)CC1. The number of halogens is 3. The van der Waals surface area contributed by atoms with Crippen molar-refractivity contribution in [3.05, 3.63) is 53.0 Å². The second-order valence-electron chi connectivity index (χ2n) is 13.0. The van der Waals surface area contributed by atoms with E-state index in [4.69, 9.17) is 4.74 Å². The summed E-state index contributed by atoms with van der Waals surface area (Å²) in [6.45, 7) is 6.58. The number of sulfonamides is 1. The topological polar surface area (TPSA) is 108 Å². The molecule has 1 aromatic carbocycles. The Hall–Kier alpha value is -2.81. The lowest BCUT2D eigenvalue weighted by atomic mass is 9.97. The number of nitrogens with zero attached hydrogens (tertiary/aromatic N) is 5. The normalized spacial score (nSPS) is 27.1. The molecular formula is C31H41F3N6O4S. The van der Waals surface area contributed by atoms with Crippen LogP contribution in [0.2, 0.25) is 0 Å². The van der Waals surface area contributed by atoms with E-state index in [0.29, 0.717) is 67.7 Å². The summed E-state index contributed by atoms with van der Waals surface area (Å²) in [6, 6.07) is 5.56. The van der Waals surface area contributed by atoms with Crippen molar-refractivity contribution < 1.29 is 31.1 Å². The Morgan fingerprint density at radius 3 is 2.29 bits per heavy atom. The molecule has 0 saturated carbocycles. The lowest BCUT2D eigenvalue weighted by Gasteiger charge is -2.37. The van der Waals surface area contributed by atoms with Crippen LogP contribution in [-0.2, 0) is 20.9 Å². The number of piperidine rings is 1. The summed E-state index contributed by atoms with van der Waals surface area (Å²) in [5.41, 5.74) is 1.10. The second-order valence-corrected chi connectivity index (χ2v) is 14.9. The van der Waals surface area contributed by atoms with Gasteiger partial charge in [-0.15, -0.1) is 0 Å². The number of alkyl halides is 3. The smallest absolute Gasteiger partial charge is 0.368 e. The third-order valence-corrected chi connectivity index (χ3v) is 11.2. The first kappa shape index (κ1) is 32.1. The van der Waals surface area contributed by atoms with Crippen molar-refractivity contribution in [2.24, 2.45) is 11.8 Å². The Labute approximate surface area is 262 Å². The number of carbonyl (C=O) groups is 1. The second kappa shape index (κ2) is 12.8. The van der Waals surface area contributed by atoms with Crippen molar-refractivity contribution >= 4 is 21.7 Å². The van der Waals surface area contributed by atoms with Gasteiger partial charge in [0.1, 0.15) is 17.8 Å². The molecule has 0 aliphatic carbocycles. The van der Waals surface area contributed by atoms with Gasteiger partial charge in [-0.1, -0.05) is 12.1 Å². The van der Waals surface area contributed by atoms with Crippen LogP contribution in [0.1, 0.15) is 65.4 Å². The molecule has 5 heterocycles. The number of hydrogen-bond donors (Lipinski definition) is 1. The number of carbonyl (C=O) groups excluding carboxylic acids is 1. The lowest BCUT2D eigenvalue weighted by Crippen LogP contribution is -2.47. The monoisotopic (exact) mass is 650 g/mol. The van der Waals surface area contributed by atoms with Crippen molar-refractivity contribution in [3.8, 4) is 0 Å². The molecule has 1 N–H and O–H groups in total. The third-order valence-electron chi connectivity index (χ3n) is 9.96. The fourth-order valence-corrected chi connectivity index (χ4v) is 8.30. The highest BCUT2D eigenvalue weighted by Crippen LogP contribution is 2.36. The van der Waals surface area contributed by atoms with Gasteiger partial charge in [0.25, 0.3) is 5.91 Å². The van der Waals surface area contributed by atoms with E-state index in [0.717, 1.165) is 62.9 Å². The molecule has 2 aromatic rings. The number of rotatable bonds is 7. The molecule has 4 atom stereocenters. The number of nitrogens with one attached hydrogen (secondary N) is 1. The molecular weight excluding hydrogens is 609 g/mol. The van der Waals surface area contributed by atoms with E-state index in [1.54, 1.807) is 4.31 Å². The molecule has 4 unspecified atom stereocenters. The van der Waals surface area contributed by atoms with Gasteiger partial charge >= 0.3 is 6.18 Å². The molecule has 4 aliphatic rings. The highest BCUT2D eigenvalue weighted by molar-refractivity contribution is 7.88. The Balaban J connectivity index is 0.998. The van der Waals surface area contributed by atoms with Gasteiger partial charge in [-0.3, -0.25) is 9.69 Å². The van der Waals surface area contributed by atoms with Gasteiger partial charge in [-0.25, -0.2) is 22.7 Å². The van der Waals surface area contributed by atoms with Gasteiger partial charge in [0.2, 0.25) is 10.0 Å². The predicted molar refractivity (Wildman–Crippen MR) is 162 cm³/mol. The van der Waals surface area contributed by atoms with E-state index in [-0.39, 0.29) is 18.1 Å². The van der Waals surface area contributed by atoms with Crippen LogP contribution < -0.4 is 5.32 Å². The van der Waals surface area contributed by atoms with Crippen LogP contribution in [0.5, 0.6) is 0 Å². The van der Waals surface area contributed by atoms with E-state index in [1.165, 1.54) is 24.7 Å². The number of fused-ring (bicyclic) bond motifs is 1. The summed E-state index contributed by atoms with van der Waals surface area (Å²) in [5, 5.41) is 3.31. The summed E-state index contributed by atoms with van der Waals surface area (Å²) < 4.78 is 70.6. The first-order valence-electron chi connectivity index (χ1n) is 15.7. The molecule has 45 heavy (non-hydrogen) atoms. The number of aromatic nitrogens is 2. The molecule has 0 radical (unpaired) electrons. The first-order chi connectivity index (χ1) is 21.4. The Bertz CT molecular complexity index is 1470. The van der Waals surface area contributed by atoms with Gasteiger partial charge in [0.05, 0.1) is 24.0 Å². The molecule has 0 spiro atoms. The van der Waals surface area contributed by atoms with E-state index in [2.05, 4.69) is 20.2 Å². The molecule has 6 rings (SSSR count). The zero-order valence-corrected chi connectivity index (χ0v) is 26.5. The summed E-state index contributed by atoms with van der Waals surface area (Å²) in [7, 11) is -3.14. The molecule has 10 nitrogen and oxygen atoms in total. The van der Waals surface area contributed by atoms with Gasteiger partial charge in [0.15, 0.2) is 0 Å². The molecule has 14 heteroatoms. The summed E-state index contributed by atoms with van der Waals surface area (Å²) in [5.74, 6) is 1.21. The molecule has 1 aromatic heterocycles. The molecule has 4 aliphatic heterocycles. The molecule has 4 saturated heterocycles. The molecule has 0 bridgehead atoms. The van der Waals surface area contributed by atoms with Crippen LogP contribution in [-0.4, -0.2) is 103 Å². The van der Waals surface area contributed by atoms with E-state index in [9.17, 15) is 26.4 Å². The number of anilines is 1. The van der Waals surface area contributed by atoms with Gasteiger partial charge in [-0.05, 0) is 68.6 Å². The van der Waals surface area contributed by atoms with Crippen molar-refractivity contribution in [1.29, 1.82) is 0 Å². The Morgan fingerprint density at radius 2 is 1.67 bits per heavy atom. The van der Waals surface area contributed by atoms with E-state index < -0.39 is 21.8 Å². The number of amides is 1. The van der Waals surface area contributed by atoms with Gasteiger partial charge in [0, 0.05) is 57.4 Å². The summed E-state index contributed by atoms with van der Waals surface area (Å²) >= 11 is 0. The van der Waals surface area contributed by atoms with Crippen LogP contribution in [0.25, 0.3) is 0 Å². The maximum Gasteiger partial charge on any atom is 0.416 e. The fourth-order valence-electron chi connectivity index (χ4n) is 7.38. The number of hydrogen-bond acceptors (Lipinski definition) is 8. The van der Waals surface area contributed by atoms with Crippen LogP contribution in [0, 0.1) is 18.8 Å². The molecule has 1 amide bonds. The van der Waals surface area contributed by atoms with Gasteiger partial charge in [-0.2, -0.15) is 13.2 Å².